The van der Waals surface area contributed by atoms with Crippen molar-refractivity contribution in [3.05, 3.63) is 28.6 Å². The molecule has 0 fully saturated rings. The zero-order valence-corrected chi connectivity index (χ0v) is 10.4. The highest BCUT2D eigenvalue weighted by Gasteiger charge is 2.20. The van der Waals surface area contributed by atoms with Gasteiger partial charge in [0.1, 0.15) is 0 Å². The van der Waals surface area contributed by atoms with Crippen molar-refractivity contribution >= 4 is 5.97 Å². The van der Waals surface area contributed by atoms with Gasteiger partial charge in [-0.25, -0.2) is 8.78 Å². The Morgan fingerprint density at radius 2 is 2.22 bits per heavy atom. The van der Waals surface area contributed by atoms with Crippen molar-refractivity contribution in [3.63, 3.8) is 0 Å². The van der Waals surface area contributed by atoms with E-state index in [0.717, 1.165) is 0 Å². The predicted octanol–water partition coefficient (Wildman–Crippen LogP) is 1.89. The topological polar surface area (TPSA) is 65.2 Å². The summed E-state index contributed by atoms with van der Waals surface area (Å²) in [5.41, 5.74) is 6.23. The Bertz CT molecular complexity index is 436. The monoisotopic (exact) mass is 258 g/mol. The van der Waals surface area contributed by atoms with Crippen molar-refractivity contribution < 1.29 is 18.3 Å². The average Bonchev–Trinajstić information content (AvgIpc) is 2.30. The first-order chi connectivity index (χ1) is 8.51. The number of aromatic nitrogens is 1. The molecule has 0 aliphatic rings. The van der Waals surface area contributed by atoms with Crippen LogP contribution in [0.2, 0.25) is 0 Å². The van der Waals surface area contributed by atoms with E-state index in [4.69, 9.17) is 10.5 Å². The van der Waals surface area contributed by atoms with Gasteiger partial charge in [-0.05, 0) is 25.0 Å². The summed E-state index contributed by atoms with van der Waals surface area (Å²) in [6, 6.07) is 0. The minimum Gasteiger partial charge on any atom is -0.466 e. The van der Waals surface area contributed by atoms with Crippen molar-refractivity contribution in [1.82, 2.24) is 4.98 Å². The quantitative estimate of drug-likeness (QED) is 0.819. The van der Waals surface area contributed by atoms with Crippen LogP contribution in [-0.4, -0.2) is 17.6 Å². The first kappa shape index (κ1) is 14.5. The molecule has 0 unspecified atom stereocenters. The second kappa shape index (κ2) is 6.39. The number of hydrogen-bond donors (Lipinski definition) is 1. The van der Waals surface area contributed by atoms with Crippen molar-refractivity contribution in [1.29, 1.82) is 0 Å². The number of nitrogens with zero attached hydrogens (tertiary/aromatic N) is 1. The molecule has 100 valence electrons. The summed E-state index contributed by atoms with van der Waals surface area (Å²) < 4.78 is 30.6. The molecule has 0 saturated carbocycles. The Kier molecular flexibility index (Phi) is 5.15. The number of esters is 1. The molecule has 0 aromatic carbocycles. The van der Waals surface area contributed by atoms with Crippen LogP contribution in [0.4, 0.5) is 8.78 Å². The second-order valence-electron chi connectivity index (χ2n) is 3.75. The summed E-state index contributed by atoms with van der Waals surface area (Å²) in [4.78, 5) is 15.2. The van der Waals surface area contributed by atoms with Crippen molar-refractivity contribution in [2.45, 2.75) is 33.2 Å². The number of pyridine rings is 1. The van der Waals surface area contributed by atoms with Crippen LogP contribution in [-0.2, 0) is 22.5 Å². The van der Waals surface area contributed by atoms with Gasteiger partial charge < -0.3 is 10.5 Å². The van der Waals surface area contributed by atoms with Gasteiger partial charge in [-0.15, -0.1) is 0 Å². The fraction of sp³-hybridized carbons (Fsp3) is 0.500. The minimum absolute atomic E-state index is 0.0578. The fourth-order valence-electron chi connectivity index (χ4n) is 1.76. The zero-order chi connectivity index (χ0) is 13.7. The number of alkyl halides is 2. The van der Waals surface area contributed by atoms with Crippen LogP contribution in [0.3, 0.4) is 0 Å². The third-order valence-electron chi connectivity index (χ3n) is 2.58. The Morgan fingerprint density at radius 1 is 1.56 bits per heavy atom. The van der Waals surface area contributed by atoms with Gasteiger partial charge in [0.05, 0.1) is 13.0 Å². The van der Waals surface area contributed by atoms with Crippen molar-refractivity contribution in [3.8, 4) is 0 Å². The maximum atomic E-state index is 12.9. The van der Waals surface area contributed by atoms with E-state index in [1.165, 1.54) is 13.1 Å². The number of ether oxygens (including phenoxy) is 1. The summed E-state index contributed by atoms with van der Waals surface area (Å²) in [6.45, 7) is 3.37. The van der Waals surface area contributed by atoms with E-state index in [1.54, 1.807) is 6.92 Å². The maximum Gasteiger partial charge on any atom is 0.310 e. The van der Waals surface area contributed by atoms with E-state index in [9.17, 15) is 13.6 Å². The van der Waals surface area contributed by atoms with Gasteiger partial charge in [-0.2, -0.15) is 0 Å². The number of rotatable bonds is 5. The average molecular weight is 258 g/mol. The molecule has 0 spiro atoms. The number of halogens is 2. The highest BCUT2D eigenvalue weighted by Crippen LogP contribution is 2.27. The standard InChI is InChI=1S/C12H16F2N2O2/c1-3-18-10(17)4-8-6-16-7(2)11(12(13)14)9(8)5-15/h6,12H,3-5,15H2,1-2H3. The smallest absolute Gasteiger partial charge is 0.310 e. The molecular formula is C12H16F2N2O2. The lowest BCUT2D eigenvalue weighted by atomic mass is 9.99. The van der Waals surface area contributed by atoms with Crippen molar-refractivity contribution in [2.24, 2.45) is 5.73 Å². The molecule has 1 rings (SSSR count). The van der Waals surface area contributed by atoms with Crippen LogP contribution in [0.1, 0.15) is 35.7 Å². The normalized spacial score (nSPS) is 10.8. The lowest BCUT2D eigenvalue weighted by molar-refractivity contribution is -0.142. The first-order valence-corrected chi connectivity index (χ1v) is 5.62. The SMILES string of the molecule is CCOC(=O)Cc1cnc(C)c(C(F)F)c1CN. The van der Waals surface area contributed by atoms with Crippen LogP contribution < -0.4 is 5.73 Å². The van der Waals surface area contributed by atoms with E-state index >= 15 is 0 Å². The van der Waals surface area contributed by atoms with Gasteiger partial charge >= 0.3 is 5.97 Å². The van der Waals surface area contributed by atoms with Crippen molar-refractivity contribution in [2.75, 3.05) is 6.61 Å². The predicted molar refractivity (Wildman–Crippen MR) is 62.2 cm³/mol. The molecule has 4 nitrogen and oxygen atoms in total. The van der Waals surface area contributed by atoms with Gasteiger partial charge in [0, 0.05) is 24.0 Å². The summed E-state index contributed by atoms with van der Waals surface area (Å²) in [6.07, 6.45) is -1.34. The number of hydrogen-bond acceptors (Lipinski definition) is 4. The van der Waals surface area contributed by atoms with E-state index in [-0.39, 0.29) is 36.4 Å². The minimum atomic E-state index is -2.65. The highest BCUT2D eigenvalue weighted by molar-refractivity contribution is 5.73. The molecular weight excluding hydrogens is 242 g/mol. The molecule has 0 amide bonds. The van der Waals surface area contributed by atoms with E-state index in [2.05, 4.69) is 4.98 Å². The lowest BCUT2D eigenvalue weighted by Crippen LogP contribution is -2.14. The summed E-state index contributed by atoms with van der Waals surface area (Å²) >= 11 is 0. The van der Waals surface area contributed by atoms with Gasteiger partial charge in [-0.3, -0.25) is 9.78 Å². The number of nitrogens with two attached hydrogens (primary N) is 1. The molecule has 0 aliphatic carbocycles. The van der Waals surface area contributed by atoms with E-state index in [1.807, 2.05) is 0 Å². The molecule has 0 bridgehead atoms. The largest absolute Gasteiger partial charge is 0.466 e. The third-order valence-corrected chi connectivity index (χ3v) is 2.58. The van der Waals surface area contributed by atoms with Gasteiger partial charge in [-0.1, -0.05) is 0 Å². The Labute approximate surface area is 104 Å². The second-order valence-corrected chi connectivity index (χ2v) is 3.75. The Morgan fingerprint density at radius 3 is 2.72 bits per heavy atom. The molecule has 0 aliphatic heterocycles. The molecule has 1 aromatic rings. The summed E-state index contributed by atoms with van der Waals surface area (Å²) in [5, 5.41) is 0. The molecule has 0 atom stereocenters. The molecule has 6 heteroatoms. The molecule has 2 N–H and O–H groups in total. The summed E-state index contributed by atoms with van der Waals surface area (Å²) in [5.74, 6) is -0.474. The van der Waals surface area contributed by atoms with Gasteiger partial charge in [0.15, 0.2) is 0 Å². The third kappa shape index (κ3) is 3.22. The molecule has 0 saturated heterocycles. The number of carbonyl (C=O) groups excluding carboxylic acids is 1. The maximum absolute atomic E-state index is 12.9. The van der Waals surface area contributed by atoms with E-state index in [0.29, 0.717) is 5.56 Å². The van der Waals surface area contributed by atoms with Crippen LogP contribution >= 0.6 is 0 Å². The summed E-state index contributed by atoms with van der Waals surface area (Å²) in [7, 11) is 0. The van der Waals surface area contributed by atoms with Crippen LogP contribution in [0.5, 0.6) is 0 Å². The van der Waals surface area contributed by atoms with Gasteiger partial charge in [0.25, 0.3) is 6.43 Å². The van der Waals surface area contributed by atoms with E-state index < -0.39 is 12.4 Å². The number of carbonyl (C=O) groups is 1. The Balaban J connectivity index is 3.13. The highest BCUT2D eigenvalue weighted by atomic mass is 19.3. The molecule has 1 aromatic heterocycles. The molecule has 0 radical (unpaired) electrons. The first-order valence-electron chi connectivity index (χ1n) is 5.62. The zero-order valence-electron chi connectivity index (χ0n) is 10.4. The lowest BCUT2D eigenvalue weighted by Gasteiger charge is -2.14. The Hall–Kier alpha value is -1.56. The fourth-order valence-corrected chi connectivity index (χ4v) is 1.76. The molecule has 18 heavy (non-hydrogen) atoms. The van der Waals surface area contributed by atoms with Gasteiger partial charge in [0.2, 0.25) is 0 Å². The van der Waals surface area contributed by atoms with Crippen LogP contribution in [0.25, 0.3) is 0 Å². The van der Waals surface area contributed by atoms with Crippen LogP contribution in [0, 0.1) is 6.92 Å². The molecule has 1 heterocycles. The number of aryl methyl sites for hydroxylation is 1. The van der Waals surface area contributed by atoms with Crippen LogP contribution in [0.15, 0.2) is 6.20 Å².